The highest BCUT2D eigenvalue weighted by molar-refractivity contribution is 6.01. The Labute approximate surface area is 173 Å². The summed E-state index contributed by atoms with van der Waals surface area (Å²) in [7, 11) is 0. The molecule has 6 heteroatoms. The maximum absolute atomic E-state index is 12.7. The number of nitrogens with one attached hydrogen (secondary N) is 2. The zero-order valence-corrected chi connectivity index (χ0v) is 16.5. The molecule has 0 unspecified atom stereocenters. The van der Waals surface area contributed by atoms with Gasteiger partial charge in [0.2, 0.25) is 0 Å². The summed E-state index contributed by atoms with van der Waals surface area (Å²) < 4.78 is 11.4. The van der Waals surface area contributed by atoms with E-state index in [-0.39, 0.29) is 11.3 Å². The lowest BCUT2D eigenvalue weighted by molar-refractivity contribution is 0.0936. The van der Waals surface area contributed by atoms with Crippen LogP contribution in [0.3, 0.4) is 0 Å². The molecular formula is C24H21N3O3. The number of pyridine rings is 1. The fraction of sp³-hybridized carbons (Fsp3) is 0.333. The van der Waals surface area contributed by atoms with Crippen molar-refractivity contribution in [1.29, 1.82) is 0 Å². The van der Waals surface area contributed by atoms with Crippen LogP contribution in [0.5, 0.6) is 11.5 Å². The van der Waals surface area contributed by atoms with E-state index >= 15 is 0 Å². The molecule has 2 N–H and O–H groups in total. The minimum Gasteiger partial charge on any atom is -0.486 e. The van der Waals surface area contributed by atoms with Gasteiger partial charge < -0.3 is 19.8 Å². The van der Waals surface area contributed by atoms with Crippen molar-refractivity contribution in [3.63, 3.8) is 0 Å². The Hall–Kier alpha value is -3.28. The molecule has 1 spiro atoms. The molecule has 1 aromatic carbocycles. The highest BCUT2D eigenvalue weighted by atomic mass is 16.6. The van der Waals surface area contributed by atoms with Crippen molar-refractivity contribution in [3.8, 4) is 34.0 Å². The molecule has 1 fully saturated rings. The Morgan fingerprint density at radius 3 is 2.77 bits per heavy atom. The number of carbonyl (C=O) groups excluding carboxylic acids is 1. The number of hydrogen-bond acceptors (Lipinski definition) is 4. The second-order valence-electron chi connectivity index (χ2n) is 8.78. The van der Waals surface area contributed by atoms with Gasteiger partial charge in [-0.25, -0.2) is 0 Å². The number of ether oxygens (including phenoxy) is 2. The summed E-state index contributed by atoms with van der Waals surface area (Å²) in [6.45, 7) is 1.90. The minimum absolute atomic E-state index is 0.0737. The van der Waals surface area contributed by atoms with Crippen molar-refractivity contribution >= 4 is 5.91 Å². The number of H-pyrrole nitrogens is 1. The number of rotatable bonds is 1. The highest BCUT2D eigenvalue weighted by Crippen LogP contribution is 2.52. The molecule has 1 saturated carbocycles. The molecule has 2 aromatic heterocycles. The summed E-state index contributed by atoms with van der Waals surface area (Å²) in [6.07, 6.45) is 6.05. The smallest absolute Gasteiger partial charge is 0.253 e. The minimum atomic E-state index is 0.0737. The van der Waals surface area contributed by atoms with Crippen LogP contribution in [-0.2, 0) is 18.3 Å². The largest absolute Gasteiger partial charge is 0.486 e. The van der Waals surface area contributed by atoms with E-state index in [1.165, 1.54) is 11.1 Å². The lowest BCUT2D eigenvalue weighted by atomic mass is 9.86. The first-order chi connectivity index (χ1) is 14.7. The predicted molar refractivity (Wildman–Crippen MR) is 111 cm³/mol. The number of fused-ring (bicyclic) bond motifs is 7. The van der Waals surface area contributed by atoms with Gasteiger partial charge in [-0.1, -0.05) is 0 Å². The van der Waals surface area contributed by atoms with Crippen molar-refractivity contribution in [2.45, 2.75) is 31.1 Å². The Morgan fingerprint density at radius 1 is 1.03 bits per heavy atom. The first-order valence-corrected chi connectivity index (χ1v) is 10.6. The number of aromatic nitrogens is 2. The van der Waals surface area contributed by atoms with Crippen LogP contribution in [0.1, 0.15) is 40.0 Å². The van der Waals surface area contributed by atoms with Crippen molar-refractivity contribution in [2.75, 3.05) is 19.8 Å². The van der Waals surface area contributed by atoms with Gasteiger partial charge in [0.1, 0.15) is 13.2 Å². The van der Waals surface area contributed by atoms with Crippen LogP contribution in [0, 0.1) is 0 Å². The Bertz CT molecular complexity index is 1240. The van der Waals surface area contributed by atoms with E-state index in [9.17, 15) is 4.79 Å². The van der Waals surface area contributed by atoms with Crippen molar-refractivity contribution < 1.29 is 14.3 Å². The van der Waals surface area contributed by atoms with E-state index < -0.39 is 0 Å². The van der Waals surface area contributed by atoms with Crippen LogP contribution in [0.15, 0.2) is 30.5 Å². The van der Waals surface area contributed by atoms with E-state index in [4.69, 9.17) is 14.5 Å². The number of hydrogen-bond donors (Lipinski definition) is 2. The number of benzene rings is 1. The molecule has 2 aliphatic heterocycles. The number of carbonyl (C=O) groups is 1. The van der Waals surface area contributed by atoms with Gasteiger partial charge in [0.25, 0.3) is 5.91 Å². The van der Waals surface area contributed by atoms with Crippen LogP contribution < -0.4 is 14.8 Å². The first kappa shape index (κ1) is 16.5. The molecule has 3 aromatic rings. The van der Waals surface area contributed by atoms with Crippen LogP contribution >= 0.6 is 0 Å². The molecule has 0 radical (unpaired) electrons. The van der Waals surface area contributed by atoms with Crippen molar-refractivity contribution in [1.82, 2.24) is 15.3 Å². The van der Waals surface area contributed by atoms with Crippen molar-refractivity contribution in [3.05, 3.63) is 52.8 Å². The molecular weight excluding hydrogens is 378 g/mol. The van der Waals surface area contributed by atoms with Crippen LogP contribution in [0.25, 0.3) is 22.5 Å². The first-order valence-electron chi connectivity index (χ1n) is 10.6. The molecule has 4 aliphatic rings. The van der Waals surface area contributed by atoms with Crippen LogP contribution in [0.4, 0.5) is 0 Å². The van der Waals surface area contributed by atoms with Gasteiger partial charge >= 0.3 is 0 Å². The topological polar surface area (TPSA) is 76.2 Å². The Morgan fingerprint density at radius 2 is 1.90 bits per heavy atom. The predicted octanol–water partition coefficient (Wildman–Crippen LogP) is 3.39. The zero-order valence-electron chi connectivity index (χ0n) is 16.5. The fourth-order valence-corrected chi connectivity index (χ4v) is 5.21. The Balaban J connectivity index is 1.37. The summed E-state index contributed by atoms with van der Waals surface area (Å²) in [5.41, 5.74) is 8.75. The second kappa shape index (κ2) is 5.65. The van der Waals surface area contributed by atoms with E-state index in [1.807, 2.05) is 24.4 Å². The lowest BCUT2D eigenvalue weighted by Crippen LogP contribution is -2.39. The number of aromatic amines is 1. The quantitative estimate of drug-likeness (QED) is 0.658. The number of amides is 1. The van der Waals surface area contributed by atoms with Gasteiger partial charge in [-0.2, -0.15) is 0 Å². The maximum atomic E-state index is 12.7. The third-order valence-electron chi connectivity index (χ3n) is 7.04. The average molecular weight is 399 g/mol. The Kier molecular flexibility index (Phi) is 3.11. The monoisotopic (exact) mass is 399 g/mol. The van der Waals surface area contributed by atoms with Gasteiger partial charge in [-0.3, -0.25) is 9.78 Å². The maximum Gasteiger partial charge on any atom is 0.253 e. The summed E-state index contributed by atoms with van der Waals surface area (Å²) in [5.74, 6) is 1.62. The van der Waals surface area contributed by atoms with E-state index in [2.05, 4.69) is 16.4 Å². The average Bonchev–Trinajstić information content (AvgIpc) is 3.45. The third-order valence-corrected chi connectivity index (χ3v) is 7.04. The van der Waals surface area contributed by atoms with Gasteiger partial charge in [0.15, 0.2) is 11.5 Å². The van der Waals surface area contributed by atoms with Gasteiger partial charge in [-0.15, -0.1) is 0 Å². The van der Waals surface area contributed by atoms with Crippen LogP contribution in [0.2, 0.25) is 0 Å². The van der Waals surface area contributed by atoms with E-state index in [0.717, 1.165) is 77.5 Å². The molecule has 1 amide bonds. The number of aryl methyl sites for hydroxylation is 1. The fourth-order valence-electron chi connectivity index (χ4n) is 5.21. The zero-order chi connectivity index (χ0) is 19.9. The summed E-state index contributed by atoms with van der Waals surface area (Å²) in [5, 5.41) is 3.12. The summed E-state index contributed by atoms with van der Waals surface area (Å²) >= 11 is 0. The van der Waals surface area contributed by atoms with E-state index in [0.29, 0.717) is 13.2 Å². The molecule has 4 heterocycles. The number of nitrogens with zero attached hydrogens (tertiary/aromatic N) is 1. The second-order valence-corrected chi connectivity index (χ2v) is 8.78. The molecule has 0 saturated heterocycles. The highest BCUT2D eigenvalue weighted by Gasteiger charge is 2.51. The van der Waals surface area contributed by atoms with Gasteiger partial charge in [0.05, 0.1) is 17.0 Å². The third kappa shape index (κ3) is 2.19. The standard InChI is InChI=1S/C24H21N3O3/c28-23-20-15-3-1-14-11-25-17(13-2-4-18-19(9-13)30-8-7-29-18)10-16(14)21(15)27-22(20)24(5-6-24)12-26-23/h2,4,9-11,27H,1,3,5-8,12H2,(H,26,28). The van der Waals surface area contributed by atoms with Crippen molar-refractivity contribution in [2.24, 2.45) is 0 Å². The molecule has 7 rings (SSSR count). The van der Waals surface area contributed by atoms with Gasteiger partial charge in [-0.05, 0) is 61.1 Å². The molecule has 2 aliphatic carbocycles. The van der Waals surface area contributed by atoms with Crippen LogP contribution in [-0.4, -0.2) is 35.6 Å². The summed E-state index contributed by atoms with van der Waals surface area (Å²) in [4.78, 5) is 21.1. The lowest BCUT2D eigenvalue weighted by Gasteiger charge is -2.23. The normalized spacial score (nSPS) is 19.5. The molecule has 0 atom stereocenters. The molecule has 150 valence electrons. The molecule has 30 heavy (non-hydrogen) atoms. The SMILES string of the molecule is O=C1NCC2(CC2)c2[nH]c3c(c21)CCc1cnc(-c2ccc4c(c2)OCCO4)cc1-3. The summed E-state index contributed by atoms with van der Waals surface area (Å²) in [6, 6.07) is 8.13. The van der Waals surface area contributed by atoms with Gasteiger partial charge in [0, 0.05) is 35.0 Å². The molecule has 0 bridgehead atoms. The van der Waals surface area contributed by atoms with E-state index in [1.54, 1.807) is 0 Å². The molecule has 6 nitrogen and oxygen atoms in total.